The summed E-state index contributed by atoms with van der Waals surface area (Å²) in [4.78, 5) is 12.4. The number of anilines is 1. The summed E-state index contributed by atoms with van der Waals surface area (Å²) in [6.07, 6.45) is -0.761. The zero-order chi connectivity index (χ0) is 18.6. The highest BCUT2D eigenvalue weighted by Crippen LogP contribution is 2.25. The van der Waals surface area contributed by atoms with Crippen molar-refractivity contribution in [2.75, 3.05) is 31.1 Å². The molecule has 1 aromatic carbocycles. The summed E-state index contributed by atoms with van der Waals surface area (Å²) in [5.41, 5.74) is 1.21. The third-order valence-corrected chi connectivity index (χ3v) is 5.27. The van der Waals surface area contributed by atoms with Gasteiger partial charge in [0.15, 0.2) is 0 Å². The summed E-state index contributed by atoms with van der Waals surface area (Å²) < 4.78 is 37.9. The molecule has 4 nitrogen and oxygen atoms in total. The van der Waals surface area contributed by atoms with Crippen LogP contribution in [-0.2, 0) is 5.75 Å². The van der Waals surface area contributed by atoms with Crippen molar-refractivity contribution in [3.8, 4) is 0 Å². The van der Waals surface area contributed by atoms with Gasteiger partial charge < -0.3 is 4.90 Å². The minimum Gasteiger partial charge on any atom is -0.352 e. The average Bonchev–Trinajstić information content (AvgIpc) is 2.62. The van der Waals surface area contributed by atoms with Crippen LogP contribution in [0.3, 0.4) is 0 Å². The van der Waals surface area contributed by atoms with Gasteiger partial charge in [-0.3, -0.25) is 9.88 Å². The van der Waals surface area contributed by atoms with Crippen molar-refractivity contribution in [1.29, 1.82) is 0 Å². The van der Waals surface area contributed by atoms with E-state index in [0.717, 1.165) is 16.6 Å². The van der Waals surface area contributed by atoms with Gasteiger partial charge in [0, 0.05) is 31.4 Å². The van der Waals surface area contributed by atoms with E-state index in [1.165, 1.54) is 10.5 Å². The zero-order valence-electron chi connectivity index (χ0n) is 14.5. The maximum Gasteiger partial charge on any atom is 0.401 e. The average molecular weight is 382 g/mol. The Balaban J connectivity index is 1.60. The number of nitrogens with zero attached hydrogens (tertiary/aromatic N) is 4. The first kappa shape index (κ1) is 19.0. The van der Waals surface area contributed by atoms with E-state index in [9.17, 15) is 13.2 Å². The topological polar surface area (TPSA) is 32.3 Å². The van der Waals surface area contributed by atoms with Crippen LogP contribution in [0.5, 0.6) is 0 Å². The molecule has 1 aliphatic heterocycles. The zero-order valence-corrected chi connectivity index (χ0v) is 15.3. The molecular formula is C18H21F3N4S. The molecular weight excluding hydrogens is 361 g/mol. The molecule has 1 saturated heterocycles. The first-order valence-corrected chi connectivity index (χ1v) is 9.44. The lowest BCUT2D eigenvalue weighted by Crippen LogP contribution is -2.54. The molecule has 2 aromatic rings. The second kappa shape index (κ2) is 8.26. The second-order valence-electron chi connectivity index (χ2n) is 6.37. The Morgan fingerprint density at radius 1 is 1.15 bits per heavy atom. The molecule has 0 spiro atoms. The summed E-state index contributed by atoms with van der Waals surface area (Å²) in [5, 5.41) is 0.816. The van der Waals surface area contributed by atoms with Crippen molar-refractivity contribution in [1.82, 2.24) is 14.9 Å². The largest absolute Gasteiger partial charge is 0.401 e. The second-order valence-corrected chi connectivity index (χ2v) is 7.37. The first-order valence-electron chi connectivity index (χ1n) is 8.45. The monoisotopic (exact) mass is 382 g/mol. The first-order chi connectivity index (χ1) is 12.4. The van der Waals surface area contributed by atoms with Gasteiger partial charge in [-0.15, -0.1) is 11.8 Å². The Kier molecular flexibility index (Phi) is 6.03. The lowest BCUT2D eigenvalue weighted by Gasteiger charge is -2.40. The fraction of sp³-hybridized carbons (Fsp3) is 0.444. The molecule has 0 bridgehead atoms. The third-order valence-electron chi connectivity index (χ3n) is 4.30. The highest BCUT2D eigenvalue weighted by molar-refractivity contribution is 7.98. The van der Waals surface area contributed by atoms with Crippen molar-refractivity contribution in [2.45, 2.75) is 29.9 Å². The Morgan fingerprint density at radius 2 is 1.92 bits per heavy atom. The van der Waals surface area contributed by atoms with Crippen LogP contribution in [0.1, 0.15) is 12.5 Å². The van der Waals surface area contributed by atoms with Crippen molar-refractivity contribution >= 4 is 17.6 Å². The fourth-order valence-corrected chi connectivity index (χ4v) is 3.76. The molecule has 8 heteroatoms. The van der Waals surface area contributed by atoms with Crippen molar-refractivity contribution in [3.63, 3.8) is 0 Å². The maximum atomic E-state index is 12.6. The van der Waals surface area contributed by atoms with Crippen molar-refractivity contribution in [2.24, 2.45) is 0 Å². The van der Waals surface area contributed by atoms with Gasteiger partial charge in [-0.1, -0.05) is 30.3 Å². The van der Waals surface area contributed by atoms with Gasteiger partial charge in [0.2, 0.25) is 0 Å². The Bertz CT molecular complexity index is 711. The number of halogens is 3. The molecule has 140 valence electrons. The molecule has 0 aliphatic carbocycles. The Hall–Kier alpha value is -1.80. The Labute approximate surface area is 155 Å². The van der Waals surface area contributed by atoms with E-state index in [4.69, 9.17) is 0 Å². The van der Waals surface area contributed by atoms with Crippen LogP contribution in [0.15, 0.2) is 47.8 Å². The highest BCUT2D eigenvalue weighted by atomic mass is 32.2. The lowest BCUT2D eigenvalue weighted by atomic mass is 10.2. The van der Waals surface area contributed by atoms with Gasteiger partial charge in [-0.25, -0.2) is 4.98 Å². The summed E-state index contributed by atoms with van der Waals surface area (Å²) in [7, 11) is 0. The SMILES string of the molecule is CC1CN(c2cncc(SCc3ccccc3)n2)CCN1CC(F)(F)F. The Morgan fingerprint density at radius 3 is 2.62 bits per heavy atom. The van der Waals surface area contributed by atoms with Gasteiger partial charge in [-0.05, 0) is 12.5 Å². The van der Waals surface area contributed by atoms with Crippen molar-refractivity contribution < 1.29 is 13.2 Å². The van der Waals surface area contributed by atoms with E-state index in [1.54, 1.807) is 24.2 Å². The van der Waals surface area contributed by atoms with Crippen molar-refractivity contribution in [3.05, 3.63) is 48.3 Å². The molecule has 1 atom stereocenters. The fourth-order valence-electron chi connectivity index (χ4n) is 2.96. The number of rotatable bonds is 5. The van der Waals surface area contributed by atoms with E-state index in [1.807, 2.05) is 30.0 Å². The number of alkyl halides is 3. The predicted molar refractivity (Wildman–Crippen MR) is 97.3 cm³/mol. The summed E-state index contributed by atoms with van der Waals surface area (Å²) >= 11 is 1.60. The summed E-state index contributed by atoms with van der Waals surface area (Å²) in [6.45, 7) is 2.35. The maximum absolute atomic E-state index is 12.6. The quantitative estimate of drug-likeness (QED) is 0.734. The minimum absolute atomic E-state index is 0.187. The van der Waals surface area contributed by atoms with E-state index < -0.39 is 12.7 Å². The molecule has 0 radical (unpaired) electrons. The van der Waals surface area contributed by atoms with E-state index in [0.29, 0.717) is 19.6 Å². The summed E-state index contributed by atoms with van der Waals surface area (Å²) in [5.74, 6) is 1.52. The number of hydrogen-bond donors (Lipinski definition) is 0. The number of piperazine rings is 1. The molecule has 0 saturated carbocycles. The summed E-state index contributed by atoms with van der Waals surface area (Å²) in [6, 6.07) is 9.92. The number of hydrogen-bond acceptors (Lipinski definition) is 5. The van der Waals surface area contributed by atoms with Crippen LogP contribution >= 0.6 is 11.8 Å². The van der Waals surface area contributed by atoms with Gasteiger partial charge in [-0.2, -0.15) is 13.2 Å². The van der Waals surface area contributed by atoms with E-state index >= 15 is 0 Å². The number of aromatic nitrogens is 2. The molecule has 1 aliphatic rings. The van der Waals surface area contributed by atoms with Crippen LogP contribution in [0.4, 0.5) is 19.0 Å². The molecule has 1 fully saturated rings. The normalized spacial score (nSPS) is 18.9. The smallest absolute Gasteiger partial charge is 0.352 e. The van der Waals surface area contributed by atoms with Crippen LogP contribution in [0.25, 0.3) is 0 Å². The van der Waals surface area contributed by atoms with Crippen LogP contribution < -0.4 is 4.90 Å². The number of benzene rings is 1. The van der Waals surface area contributed by atoms with Gasteiger partial charge in [0.05, 0.1) is 18.9 Å². The van der Waals surface area contributed by atoms with Crippen LogP contribution in [-0.4, -0.2) is 53.3 Å². The van der Waals surface area contributed by atoms with E-state index in [2.05, 4.69) is 22.1 Å². The standard InChI is InChI=1S/C18H21F3N4S/c1-14-11-24(7-8-25(14)13-18(19,20)21)16-9-22-10-17(23-16)26-12-15-5-3-2-4-6-15/h2-6,9-10,14H,7-8,11-13H2,1H3. The van der Waals surface area contributed by atoms with Gasteiger partial charge in [0.1, 0.15) is 10.8 Å². The van der Waals surface area contributed by atoms with Crippen LogP contribution in [0.2, 0.25) is 0 Å². The molecule has 0 amide bonds. The molecule has 2 heterocycles. The molecule has 3 rings (SSSR count). The minimum atomic E-state index is -4.16. The number of thioether (sulfide) groups is 1. The predicted octanol–water partition coefficient (Wildman–Crippen LogP) is 3.84. The molecule has 26 heavy (non-hydrogen) atoms. The van der Waals surface area contributed by atoms with E-state index in [-0.39, 0.29) is 6.04 Å². The van der Waals surface area contributed by atoms with Crippen LogP contribution in [0, 0.1) is 0 Å². The molecule has 1 aromatic heterocycles. The highest BCUT2D eigenvalue weighted by Gasteiger charge is 2.35. The molecule has 1 unspecified atom stereocenters. The van der Waals surface area contributed by atoms with Gasteiger partial charge in [0.25, 0.3) is 0 Å². The lowest BCUT2D eigenvalue weighted by molar-refractivity contribution is -0.150. The third kappa shape index (κ3) is 5.35. The molecule has 0 N–H and O–H groups in total. The van der Waals surface area contributed by atoms with Gasteiger partial charge >= 0.3 is 6.18 Å².